The molecule has 0 amide bonds. The zero-order valence-corrected chi connectivity index (χ0v) is 17.8. The Bertz CT molecular complexity index is 755. The molecule has 0 spiro atoms. The molecule has 0 aliphatic carbocycles. The van der Waals surface area contributed by atoms with Crippen molar-refractivity contribution in [3.8, 4) is 5.69 Å². The number of hydrogen-bond acceptors (Lipinski definition) is 4. The first kappa shape index (κ1) is 21.9. The van der Waals surface area contributed by atoms with E-state index in [4.69, 9.17) is 4.74 Å². The minimum absolute atomic E-state index is 0.682. The first-order valence-corrected chi connectivity index (χ1v) is 9.78. The lowest BCUT2D eigenvalue weighted by atomic mass is 10.1. The van der Waals surface area contributed by atoms with Crippen molar-refractivity contribution in [3.63, 3.8) is 0 Å². The van der Waals surface area contributed by atoms with Crippen molar-refractivity contribution < 1.29 is 4.74 Å². The molecule has 0 atom stereocenters. The number of aromatic nitrogens is 2. The molecule has 0 aliphatic heterocycles. The SMILES string of the molecule is CN=C(NCCCN(C)CCOC)NCc1ccccc1-n1nc(C)cc1C. The van der Waals surface area contributed by atoms with Crippen molar-refractivity contribution in [2.24, 2.45) is 4.99 Å². The zero-order valence-electron chi connectivity index (χ0n) is 17.8. The van der Waals surface area contributed by atoms with Crippen LogP contribution >= 0.6 is 0 Å². The minimum atomic E-state index is 0.682. The number of benzene rings is 1. The van der Waals surface area contributed by atoms with E-state index in [0.717, 1.165) is 55.7 Å². The molecular formula is C21H34N6O. The summed E-state index contributed by atoms with van der Waals surface area (Å²) in [7, 11) is 5.65. The Hall–Kier alpha value is -2.38. The van der Waals surface area contributed by atoms with Crippen molar-refractivity contribution in [3.05, 3.63) is 47.3 Å². The second-order valence-corrected chi connectivity index (χ2v) is 6.97. The van der Waals surface area contributed by atoms with Crippen LogP contribution in [0.1, 0.15) is 23.4 Å². The van der Waals surface area contributed by atoms with Crippen LogP contribution in [0.3, 0.4) is 0 Å². The molecule has 0 saturated carbocycles. The Labute approximate surface area is 168 Å². The van der Waals surface area contributed by atoms with Crippen LogP contribution in [0, 0.1) is 13.8 Å². The quantitative estimate of drug-likeness (QED) is 0.372. The van der Waals surface area contributed by atoms with Gasteiger partial charge >= 0.3 is 0 Å². The summed E-state index contributed by atoms with van der Waals surface area (Å²) < 4.78 is 7.10. The van der Waals surface area contributed by atoms with Gasteiger partial charge in [0.15, 0.2) is 5.96 Å². The maximum absolute atomic E-state index is 5.11. The number of nitrogens with zero attached hydrogens (tertiary/aromatic N) is 4. The normalized spacial score (nSPS) is 11.9. The van der Waals surface area contributed by atoms with Gasteiger partial charge in [-0.2, -0.15) is 5.10 Å². The molecule has 1 aromatic carbocycles. The average Bonchev–Trinajstić information content (AvgIpc) is 3.03. The van der Waals surface area contributed by atoms with Gasteiger partial charge in [0.05, 0.1) is 18.0 Å². The summed E-state index contributed by atoms with van der Waals surface area (Å²) in [6.45, 7) is 8.39. The van der Waals surface area contributed by atoms with E-state index in [2.05, 4.69) is 63.9 Å². The van der Waals surface area contributed by atoms with E-state index >= 15 is 0 Å². The highest BCUT2D eigenvalue weighted by molar-refractivity contribution is 5.79. The molecule has 0 fully saturated rings. The van der Waals surface area contributed by atoms with E-state index in [1.165, 1.54) is 5.56 Å². The fraction of sp³-hybridized carbons (Fsp3) is 0.524. The molecule has 1 heterocycles. The van der Waals surface area contributed by atoms with Crippen LogP contribution in [0.2, 0.25) is 0 Å². The molecule has 7 heteroatoms. The lowest BCUT2D eigenvalue weighted by Gasteiger charge is -2.17. The summed E-state index contributed by atoms with van der Waals surface area (Å²) in [6, 6.07) is 10.4. The monoisotopic (exact) mass is 386 g/mol. The van der Waals surface area contributed by atoms with Gasteiger partial charge in [-0.25, -0.2) is 4.68 Å². The third kappa shape index (κ3) is 6.65. The summed E-state index contributed by atoms with van der Waals surface area (Å²) in [5, 5.41) is 11.4. The van der Waals surface area contributed by atoms with Gasteiger partial charge in [0.25, 0.3) is 0 Å². The number of methoxy groups -OCH3 is 1. The van der Waals surface area contributed by atoms with Gasteiger partial charge in [-0.3, -0.25) is 4.99 Å². The molecule has 1 aromatic heterocycles. The van der Waals surface area contributed by atoms with Crippen LogP contribution in [-0.2, 0) is 11.3 Å². The van der Waals surface area contributed by atoms with Crippen molar-refractivity contribution in [2.75, 3.05) is 47.4 Å². The molecular weight excluding hydrogens is 352 g/mol. The maximum atomic E-state index is 5.11. The van der Waals surface area contributed by atoms with Crippen LogP contribution in [-0.4, -0.2) is 68.1 Å². The molecule has 0 bridgehead atoms. The number of ether oxygens (including phenoxy) is 1. The molecule has 28 heavy (non-hydrogen) atoms. The Kier molecular flexibility index (Phi) is 8.97. The second kappa shape index (κ2) is 11.5. The molecule has 0 unspecified atom stereocenters. The lowest BCUT2D eigenvalue weighted by Crippen LogP contribution is -2.38. The first-order valence-electron chi connectivity index (χ1n) is 9.78. The average molecular weight is 387 g/mol. The summed E-state index contributed by atoms with van der Waals surface area (Å²) in [5.74, 6) is 0.808. The number of rotatable bonds is 10. The molecule has 7 nitrogen and oxygen atoms in total. The van der Waals surface area contributed by atoms with E-state index in [9.17, 15) is 0 Å². The van der Waals surface area contributed by atoms with E-state index in [0.29, 0.717) is 6.54 Å². The van der Waals surface area contributed by atoms with Crippen LogP contribution in [0.25, 0.3) is 5.69 Å². The van der Waals surface area contributed by atoms with Crippen molar-refractivity contribution in [1.82, 2.24) is 25.3 Å². The summed E-state index contributed by atoms with van der Waals surface area (Å²) >= 11 is 0. The Morgan fingerprint density at radius 2 is 2.00 bits per heavy atom. The number of guanidine groups is 1. The standard InChI is InChI=1S/C21H34N6O/c1-17-15-18(2)27(25-17)20-10-7-6-9-19(20)16-24-21(22-3)23-11-8-12-26(4)13-14-28-5/h6-7,9-10,15H,8,11-14,16H2,1-5H3,(H2,22,23,24). The van der Waals surface area contributed by atoms with Gasteiger partial charge < -0.3 is 20.3 Å². The van der Waals surface area contributed by atoms with E-state index in [1.54, 1.807) is 14.2 Å². The fourth-order valence-corrected chi connectivity index (χ4v) is 3.05. The molecule has 0 aliphatic rings. The van der Waals surface area contributed by atoms with E-state index < -0.39 is 0 Å². The molecule has 0 saturated heterocycles. The highest BCUT2D eigenvalue weighted by Crippen LogP contribution is 2.16. The number of aryl methyl sites for hydroxylation is 2. The van der Waals surface area contributed by atoms with Crippen molar-refractivity contribution in [2.45, 2.75) is 26.8 Å². The summed E-state index contributed by atoms with van der Waals surface area (Å²) in [5.41, 5.74) is 4.42. The third-order valence-corrected chi connectivity index (χ3v) is 4.59. The van der Waals surface area contributed by atoms with E-state index in [1.807, 2.05) is 17.7 Å². The summed E-state index contributed by atoms with van der Waals surface area (Å²) in [4.78, 5) is 6.60. The number of aliphatic imine (C=N–C) groups is 1. The lowest BCUT2D eigenvalue weighted by molar-refractivity contribution is 0.161. The van der Waals surface area contributed by atoms with Crippen LogP contribution < -0.4 is 10.6 Å². The minimum Gasteiger partial charge on any atom is -0.383 e. The molecule has 2 rings (SSSR count). The first-order chi connectivity index (χ1) is 13.5. The van der Waals surface area contributed by atoms with Gasteiger partial charge in [-0.15, -0.1) is 0 Å². The topological polar surface area (TPSA) is 66.7 Å². The smallest absolute Gasteiger partial charge is 0.191 e. The van der Waals surface area contributed by atoms with Crippen LogP contribution in [0.15, 0.2) is 35.3 Å². The van der Waals surface area contributed by atoms with Gasteiger partial charge in [0, 0.05) is 39.5 Å². The van der Waals surface area contributed by atoms with Crippen LogP contribution in [0.5, 0.6) is 0 Å². The Balaban J connectivity index is 1.86. The molecule has 0 radical (unpaired) electrons. The number of likely N-dealkylation sites (N-methyl/N-ethyl adjacent to an activating group) is 1. The molecule has 2 aromatic rings. The van der Waals surface area contributed by atoms with E-state index in [-0.39, 0.29) is 0 Å². The largest absolute Gasteiger partial charge is 0.383 e. The van der Waals surface area contributed by atoms with Gasteiger partial charge in [-0.05, 0) is 51.6 Å². The summed E-state index contributed by atoms with van der Waals surface area (Å²) in [6.07, 6.45) is 1.04. The highest BCUT2D eigenvalue weighted by atomic mass is 16.5. The highest BCUT2D eigenvalue weighted by Gasteiger charge is 2.09. The van der Waals surface area contributed by atoms with Crippen molar-refractivity contribution in [1.29, 1.82) is 0 Å². The molecule has 154 valence electrons. The number of nitrogens with one attached hydrogen (secondary N) is 2. The Morgan fingerprint density at radius 1 is 1.21 bits per heavy atom. The maximum Gasteiger partial charge on any atom is 0.191 e. The van der Waals surface area contributed by atoms with Gasteiger partial charge in [0.1, 0.15) is 0 Å². The van der Waals surface area contributed by atoms with Crippen molar-refractivity contribution >= 4 is 5.96 Å². The predicted octanol–water partition coefficient (Wildman–Crippen LogP) is 2.12. The number of hydrogen-bond donors (Lipinski definition) is 2. The van der Waals surface area contributed by atoms with Gasteiger partial charge in [-0.1, -0.05) is 18.2 Å². The van der Waals surface area contributed by atoms with Crippen LogP contribution in [0.4, 0.5) is 0 Å². The third-order valence-electron chi connectivity index (χ3n) is 4.59. The fourth-order valence-electron chi connectivity index (χ4n) is 3.05. The zero-order chi connectivity index (χ0) is 20.4. The number of para-hydroxylation sites is 1. The van der Waals surface area contributed by atoms with Gasteiger partial charge in [0.2, 0.25) is 0 Å². The predicted molar refractivity (Wildman–Crippen MR) is 115 cm³/mol. The Morgan fingerprint density at radius 3 is 2.68 bits per heavy atom. The second-order valence-electron chi connectivity index (χ2n) is 6.97. The molecule has 2 N–H and O–H groups in total.